The van der Waals surface area contributed by atoms with Gasteiger partial charge in [-0.25, -0.2) is 0 Å². The SMILES string of the molecule is OCCc1cccc(OC2CCCNC2)c1. The van der Waals surface area contributed by atoms with Gasteiger partial charge in [0.05, 0.1) is 0 Å². The Bertz CT molecular complexity index is 321. The third kappa shape index (κ3) is 3.22. The highest BCUT2D eigenvalue weighted by atomic mass is 16.5. The van der Waals surface area contributed by atoms with E-state index in [-0.39, 0.29) is 12.7 Å². The molecule has 0 bridgehead atoms. The lowest BCUT2D eigenvalue weighted by molar-refractivity contribution is 0.167. The van der Waals surface area contributed by atoms with E-state index in [1.165, 1.54) is 6.42 Å². The van der Waals surface area contributed by atoms with E-state index in [0.717, 1.165) is 30.8 Å². The van der Waals surface area contributed by atoms with Crippen molar-refractivity contribution in [2.24, 2.45) is 0 Å². The molecule has 0 amide bonds. The van der Waals surface area contributed by atoms with E-state index in [2.05, 4.69) is 5.32 Å². The molecule has 1 heterocycles. The van der Waals surface area contributed by atoms with Crippen molar-refractivity contribution in [3.63, 3.8) is 0 Å². The zero-order valence-corrected chi connectivity index (χ0v) is 9.48. The zero-order chi connectivity index (χ0) is 11.2. The third-order valence-corrected chi connectivity index (χ3v) is 2.85. The average Bonchev–Trinajstić information content (AvgIpc) is 2.31. The number of hydrogen-bond acceptors (Lipinski definition) is 3. The molecule has 1 atom stereocenters. The van der Waals surface area contributed by atoms with Crippen LogP contribution >= 0.6 is 0 Å². The Balaban J connectivity index is 1.94. The molecule has 1 fully saturated rings. The van der Waals surface area contributed by atoms with Crippen LogP contribution in [0.5, 0.6) is 5.75 Å². The predicted octanol–water partition coefficient (Wildman–Crippen LogP) is 1.35. The minimum absolute atomic E-state index is 0.189. The molecule has 1 aliphatic rings. The van der Waals surface area contributed by atoms with E-state index in [9.17, 15) is 0 Å². The Labute approximate surface area is 96.4 Å². The van der Waals surface area contributed by atoms with Crippen LogP contribution in [-0.2, 0) is 6.42 Å². The first kappa shape index (κ1) is 11.4. The van der Waals surface area contributed by atoms with Gasteiger partial charge in [-0.05, 0) is 43.5 Å². The van der Waals surface area contributed by atoms with Gasteiger partial charge in [-0.15, -0.1) is 0 Å². The van der Waals surface area contributed by atoms with Crippen LogP contribution in [-0.4, -0.2) is 30.9 Å². The van der Waals surface area contributed by atoms with Crippen LogP contribution in [0.1, 0.15) is 18.4 Å². The monoisotopic (exact) mass is 221 g/mol. The molecule has 2 rings (SSSR count). The summed E-state index contributed by atoms with van der Waals surface area (Å²) in [5, 5.41) is 12.2. The second kappa shape index (κ2) is 5.87. The molecule has 16 heavy (non-hydrogen) atoms. The molecule has 88 valence electrons. The number of nitrogens with one attached hydrogen (secondary N) is 1. The van der Waals surface area contributed by atoms with Gasteiger partial charge in [0, 0.05) is 13.2 Å². The fraction of sp³-hybridized carbons (Fsp3) is 0.538. The quantitative estimate of drug-likeness (QED) is 0.806. The second-order valence-electron chi connectivity index (χ2n) is 4.21. The van der Waals surface area contributed by atoms with Gasteiger partial charge >= 0.3 is 0 Å². The third-order valence-electron chi connectivity index (χ3n) is 2.85. The van der Waals surface area contributed by atoms with Gasteiger partial charge in [-0.3, -0.25) is 0 Å². The Morgan fingerprint density at radius 3 is 3.12 bits per heavy atom. The van der Waals surface area contributed by atoms with Gasteiger partial charge in [-0.2, -0.15) is 0 Å². The van der Waals surface area contributed by atoms with E-state index in [1.807, 2.05) is 24.3 Å². The Hall–Kier alpha value is -1.06. The molecule has 0 radical (unpaired) electrons. The Morgan fingerprint density at radius 1 is 1.44 bits per heavy atom. The van der Waals surface area contributed by atoms with Crippen LogP contribution in [0, 0.1) is 0 Å². The van der Waals surface area contributed by atoms with Gasteiger partial charge in [0.1, 0.15) is 11.9 Å². The van der Waals surface area contributed by atoms with Gasteiger partial charge in [0.15, 0.2) is 0 Å². The van der Waals surface area contributed by atoms with E-state index in [0.29, 0.717) is 6.42 Å². The van der Waals surface area contributed by atoms with Crippen LogP contribution in [0.3, 0.4) is 0 Å². The Morgan fingerprint density at radius 2 is 2.38 bits per heavy atom. The summed E-state index contributed by atoms with van der Waals surface area (Å²) in [5.74, 6) is 0.916. The summed E-state index contributed by atoms with van der Waals surface area (Å²) in [5.41, 5.74) is 1.13. The minimum atomic E-state index is 0.189. The fourth-order valence-electron chi connectivity index (χ4n) is 2.02. The van der Waals surface area contributed by atoms with Crippen molar-refractivity contribution in [3.8, 4) is 5.75 Å². The second-order valence-corrected chi connectivity index (χ2v) is 4.21. The predicted molar refractivity (Wildman–Crippen MR) is 63.8 cm³/mol. The van der Waals surface area contributed by atoms with Crippen LogP contribution in [0.15, 0.2) is 24.3 Å². The lowest BCUT2D eigenvalue weighted by Gasteiger charge is -2.24. The van der Waals surface area contributed by atoms with Crippen LogP contribution in [0.2, 0.25) is 0 Å². The number of ether oxygens (including phenoxy) is 1. The number of benzene rings is 1. The normalized spacial score (nSPS) is 20.7. The van der Waals surface area contributed by atoms with Crippen LogP contribution < -0.4 is 10.1 Å². The largest absolute Gasteiger partial charge is 0.489 e. The first-order valence-electron chi connectivity index (χ1n) is 5.95. The van der Waals surface area contributed by atoms with Gasteiger partial charge in [0.2, 0.25) is 0 Å². The standard InChI is InChI=1S/C13H19NO2/c15-8-6-11-3-1-4-12(9-11)16-13-5-2-7-14-10-13/h1,3-4,9,13-15H,2,5-8,10H2. The lowest BCUT2D eigenvalue weighted by atomic mass is 10.1. The topological polar surface area (TPSA) is 41.5 Å². The van der Waals surface area contributed by atoms with E-state index >= 15 is 0 Å². The summed E-state index contributed by atoms with van der Waals surface area (Å²) in [6.07, 6.45) is 3.29. The van der Waals surface area contributed by atoms with Crippen molar-refractivity contribution in [1.29, 1.82) is 0 Å². The molecular weight excluding hydrogens is 202 g/mol. The molecule has 0 aromatic heterocycles. The van der Waals surface area contributed by atoms with E-state index in [4.69, 9.17) is 9.84 Å². The molecular formula is C13H19NO2. The lowest BCUT2D eigenvalue weighted by Crippen LogP contribution is -2.37. The Kier molecular flexibility index (Phi) is 4.19. The zero-order valence-electron chi connectivity index (χ0n) is 9.48. The van der Waals surface area contributed by atoms with Crippen molar-refractivity contribution in [1.82, 2.24) is 5.32 Å². The smallest absolute Gasteiger partial charge is 0.120 e. The summed E-state index contributed by atoms with van der Waals surface area (Å²) in [6, 6.07) is 8.00. The molecule has 0 saturated carbocycles. The molecule has 3 heteroatoms. The van der Waals surface area contributed by atoms with Crippen molar-refractivity contribution in [2.45, 2.75) is 25.4 Å². The number of rotatable bonds is 4. The first-order chi connectivity index (χ1) is 7.88. The highest BCUT2D eigenvalue weighted by Crippen LogP contribution is 2.17. The molecule has 1 unspecified atom stereocenters. The van der Waals surface area contributed by atoms with Crippen molar-refractivity contribution >= 4 is 0 Å². The van der Waals surface area contributed by atoms with Gasteiger partial charge < -0.3 is 15.2 Å². The van der Waals surface area contributed by atoms with E-state index < -0.39 is 0 Å². The van der Waals surface area contributed by atoms with Crippen molar-refractivity contribution in [2.75, 3.05) is 19.7 Å². The molecule has 3 nitrogen and oxygen atoms in total. The van der Waals surface area contributed by atoms with Crippen LogP contribution in [0.25, 0.3) is 0 Å². The van der Waals surface area contributed by atoms with Crippen LogP contribution in [0.4, 0.5) is 0 Å². The summed E-state index contributed by atoms with van der Waals surface area (Å²) in [4.78, 5) is 0. The first-order valence-corrected chi connectivity index (χ1v) is 5.95. The van der Waals surface area contributed by atoms with E-state index in [1.54, 1.807) is 0 Å². The molecule has 0 spiro atoms. The molecule has 1 aliphatic heterocycles. The molecule has 1 aromatic carbocycles. The fourth-order valence-corrected chi connectivity index (χ4v) is 2.02. The maximum absolute atomic E-state index is 8.88. The summed E-state index contributed by atoms with van der Waals surface area (Å²) >= 11 is 0. The molecule has 1 saturated heterocycles. The minimum Gasteiger partial charge on any atom is -0.489 e. The maximum Gasteiger partial charge on any atom is 0.120 e. The number of aliphatic hydroxyl groups is 1. The summed E-state index contributed by atoms with van der Waals surface area (Å²) < 4.78 is 5.90. The van der Waals surface area contributed by atoms with Gasteiger partial charge in [-0.1, -0.05) is 12.1 Å². The highest BCUT2D eigenvalue weighted by molar-refractivity contribution is 5.28. The number of piperidine rings is 1. The summed E-state index contributed by atoms with van der Waals surface area (Å²) in [6.45, 7) is 2.23. The highest BCUT2D eigenvalue weighted by Gasteiger charge is 2.14. The number of hydrogen-bond donors (Lipinski definition) is 2. The average molecular weight is 221 g/mol. The number of aliphatic hydroxyl groups excluding tert-OH is 1. The van der Waals surface area contributed by atoms with Crippen molar-refractivity contribution < 1.29 is 9.84 Å². The molecule has 1 aromatic rings. The molecule has 2 N–H and O–H groups in total. The van der Waals surface area contributed by atoms with Gasteiger partial charge in [0.25, 0.3) is 0 Å². The van der Waals surface area contributed by atoms with Crippen molar-refractivity contribution in [3.05, 3.63) is 29.8 Å². The molecule has 0 aliphatic carbocycles. The summed E-state index contributed by atoms with van der Waals surface area (Å²) in [7, 11) is 0. The maximum atomic E-state index is 8.88.